The van der Waals surface area contributed by atoms with Crippen LogP contribution in [0.1, 0.15) is 12.8 Å². The van der Waals surface area contributed by atoms with Crippen molar-refractivity contribution >= 4 is 39.3 Å². The predicted molar refractivity (Wildman–Crippen MR) is 66.0 cm³/mol. The molecule has 0 aromatic carbocycles. The second-order valence-corrected chi connectivity index (χ2v) is 5.48. The number of hydrogen-bond donors (Lipinski definition) is 1. The number of rotatable bonds is 2. The van der Waals surface area contributed by atoms with Gasteiger partial charge in [-0.1, -0.05) is 0 Å². The molecule has 2 heterocycles. The fourth-order valence-electron chi connectivity index (χ4n) is 1.46. The SMILES string of the molecule is O=C(Nc1ccc(Br)nc1)C1CCCS1. The number of halogens is 1. The standard InChI is InChI=1S/C10H11BrN2OS/c11-9-4-3-7(6-12-9)13-10(14)8-2-1-5-15-8/h3-4,6,8H,1-2,5H2,(H,13,14). The molecule has 1 aliphatic heterocycles. The van der Waals surface area contributed by atoms with Gasteiger partial charge in [-0.3, -0.25) is 4.79 Å². The largest absolute Gasteiger partial charge is 0.324 e. The molecule has 0 bridgehead atoms. The minimum Gasteiger partial charge on any atom is -0.324 e. The Morgan fingerprint density at radius 3 is 3.07 bits per heavy atom. The summed E-state index contributed by atoms with van der Waals surface area (Å²) < 4.78 is 0.774. The Hall–Kier alpha value is -0.550. The average molecular weight is 287 g/mol. The predicted octanol–water partition coefficient (Wildman–Crippen LogP) is 2.68. The highest BCUT2D eigenvalue weighted by atomic mass is 79.9. The molecule has 0 radical (unpaired) electrons. The molecule has 3 nitrogen and oxygen atoms in total. The summed E-state index contributed by atoms with van der Waals surface area (Å²) in [6, 6.07) is 3.66. The summed E-state index contributed by atoms with van der Waals surface area (Å²) >= 11 is 4.98. The minimum atomic E-state index is 0.0987. The van der Waals surface area contributed by atoms with Crippen LogP contribution in [0.15, 0.2) is 22.9 Å². The van der Waals surface area contributed by atoms with Crippen molar-refractivity contribution in [1.29, 1.82) is 0 Å². The molecular weight excluding hydrogens is 276 g/mol. The normalized spacial score (nSPS) is 20.2. The lowest BCUT2D eigenvalue weighted by Gasteiger charge is -2.09. The lowest BCUT2D eigenvalue weighted by Crippen LogP contribution is -2.22. The Labute approximate surface area is 101 Å². The summed E-state index contributed by atoms with van der Waals surface area (Å²) in [5, 5.41) is 2.99. The van der Waals surface area contributed by atoms with Gasteiger partial charge in [-0.2, -0.15) is 0 Å². The first-order valence-electron chi connectivity index (χ1n) is 4.80. The maximum atomic E-state index is 11.7. The molecular formula is C10H11BrN2OS. The first-order chi connectivity index (χ1) is 7.25. The van der Waals surface area contributed by atoms with Gasteiger partial charge in [0, 0.05) is 0 Å². The quantitative estimate of drug-likeness (QED) is 0.850. The van der Waals surface area contributed by atoms with E-state index >= 15 is 0 Å². The summed E-state index contributed by atoms with van der Waals surface area (Å²) in [5.74, 6) is 1.19. The van der Waals surface area contributed by atoms with Crippen molar-refractivity contribution in [1.82, 2.24) is 4.98 Å². The molecule has 1 saturated heterocycles. The van der Waals surface area contributed by atoms with Crippen LogP contribution in [0.5, 0.6) is 0 Å². The number of carbonyl (C=O) groups is 1. The van der Waals surface area contributed by atoms with Gasteiger partial charge in [-0.15, -0.1) is 11.8 Å². The van der Waals surface area contributed by atoms with Gasteiger partial charge < -0.3 is 5.32 Å². The molecule has 1 atom stereocenters. The van der Waals surface area contributed by atoms with E-state index in [-0.39, 0.29) is 11.2 Å². The van der Waals surface area contributed by atoms with Gasteiger partial charge >= 0.3 is 0 Å². The first kappa shape index (κ1) is 11.0. The molecule has 0 saturated carbocycles. The molecule has 5 heteroatoms. The maximum Gasteiger partial charge on any atom is 0.237 e. The van der Waals surface area contributed by atoms with Crippen molar-refractivity contribution in [3.8, 4) is 0 Å². The zero-order valence-corrected chi connectivity index (χ0v) is 10.5. The molecule has 1 aromatic rings. The third-order valence-corrected chi connectivity index (χ3v) is 4.06. The molecule has 0 aliphatic carbocycles. The van der Waals surface area contributed by atoms with Crippen molar-refractivity contribution in [2.45, 2.75) is 18.1 Å². The van der Waals surface area contributed by atoms with Crippen molar-refractivity contribution < 1.29 is 4.79 Å². The molecule has 1 N–H and O–H groups in total. The summed E-state index contributed by atoms with van der Waals surface area (Å²) in [6.07, 6.45) is 3.78. The summed E-state index contributed by atoms with van der Waals surface area (Å²) in [7, 11) is 0. The summed E-state index contributed by atoms with van der Waals surface area (Å²) in [6.45, 7) is 0. The van der Waals surface area contributed by atoms with Crippen molar-refractivity contribution in [2.24, 2.45) is 0 Å². The van der Waals surface area contributed by atoms with E-state index in [1.54, 1.807) is 18.0 Å². The highest BCUT2D eigenvalue weighted by Crippen LogP contribution is 2.27. The van der Waals surface area contributed by atoms with E-state index in [9.17, 15) is 4.79 Å². The molecule has 1 fully saturated rings. The van der Waals surface area contributed by atoms with E-state index in [4.69, 9.17) is 0 Å². The van der Waals surface area contributed by atoms with Crippen LogP contribution in [0.25, 0.3) is 0 Å². The van der Waals surface area contributed by atoms with Gasteiger partial charge in [-0.05, 0) is 46.7 Å². The highest BCUT2D eigenvalue weighted by molar-refractivity contribution is 9.10. The molecule has 80 valence electrons. The number of nitrogens with one attached hydrogen (secondary N) is 1. The lowest BCUT2D eigenvalue weighted by atomic mass is 10.2. The number of pyridine rings is 1. The Morgan fingerprint density at radius 1 is 1.60 bits per heavy atom. The van der Waals surface area contributed by atoms with Gasteiger partial charge in [0.15, 0.2) is 0 Å². The Balaban J connectivity index is 1.96. The monoisotopic (exact) mass is 286 g/mol. The molecule has 1 amide bonds. The number of amides is 1. The Bertz CT molecular complexity index is 349. The molecule has 1 aliphatic rings. The van der Waals surface area contributed by atoms with Gasteiger partial charge in [0.2, 0.25) is 5.91 Å². The van der Waals surface area contributed by atoms with E-state index in [0.717, 1.165) is 28.9 Å². The maximum absolute atomic E-state index is 11.7. The van der Waals surface area contributed by atoms with Crippen LogP contribution < -0.4 is 5.32 Å². The fraction of sp³-hybridized carbons (Fsp3) is 0.400. The van der Waals surface area contributed by atoms with Gasteiger partial charge in [0.25, 0.3) is 0 Å². The highest BCUT2D eigenvalue weighted by Gasteiger charge is 2.23. The molecule has 2 rings (SSSR count). The molecule has 1 aromatic heterocycles. The van der Waals surface area contributed by atoms with Gasteiger partial charge in [0.05, 0.1) is 17.1 Å². The van der Waals surface area contributed by atoms with Crippen molar-refractivity contribution in [2.75, 3.05) is 11.1 Å². The van der Waals surface area contributed by atoms with Crippen LogP contribution in [-0.2, 0) is 4.79 Å². The Morgan fingerprint density at radius 2 is 2.47 bits per heavy atom. The van der Waals surface area contributed by atoms with Crippen molar-refractivity contribution in [3.63, 3.8) is 0 Å². The summed E-state index contributed by atoms with van der Waals surface area (Å²) in [4.78, 5) is 15.8. The van der Waals surface area contributed by atoms with Crippen LogP contribution in [0, 0.1) is 0 Å². The van der Waals surface area contributed by atoms with Crippen molar-refractivity contribution in [3.05, 3.63) is 22.9 Å². The van der Waals surface area contributed by atoms with E-state index in [1.807, 2.05) is 12.1 Å². The van der Waals surface area contributed by atoms with Gasteiger partial charge in [-0.25, -0.2) is 4.98 Å². The van der Waals surface area contributed by atoms with E-state index < -0.39 is 0 Å². The van der Waals surface area contributed by atoms with Crippen LogP contribution in [0.2, 0.25) is 0 Å². The number of thioether (sulfide) groups is 1. The van der Waals surface area contributed by atoms with Crippen LogP contribution in [0.3, 0.4) is 0 Å². The fourth-order valence-corrected chi connectivity index (χ4v) is 2.85. The smallest absolute Gasteiger partial charge is 0.237 e. The van der Waals surface area contributed by atoms with Crippen LogP contribution >= 0.6 is 27.7 Å². The topological polar surface area (TPSA) is 42.0 Å². The average Bonchev–Trinajstić information content (AvgIpc) is 2.74. The van der Waals surface area contributed by atoms with E-state index in [1.165, 1.54) is 0 Å². The zero-order chi connectivity index (χ0) is 10.7. The Kier molecular flexibility index (Phi) is 3.64. The van der Waals surface area contributed by atoms with E-state index in [0.29, 0.717) is 0 Å². The first-order valence-corrected chi connectivity index (χ1v) is 6.64. The number of aromatic nitrogens is 1. The van der Waals surface area contributed by atoms with Crippen LogP contribution in [0.4, 0.5) is 5.69 Å². The lowest BCUT2D eigenvalue weighted by molar-refractivity contribution is -0.115. The third-order valence-electron chi connectivity index (χ3n) is 2.22. The second kappa shape index (κ2) is 4.99. The number of carbonyl (C=O) groups excluding carboxylic acids is 1. The number of hydrogen-bond acceptors (Lipinski definition) is 3. The van der Waals surface area contributed by atoms with Crippen LogP contribution in [-0.4, -0.2) is 21.9 Å². The second-order valence-electron chi connectivity index (χ2n) is 3.36. The van der Waals surface area contributed by atoms with E-state index in [2.05, 4.69) is 26.2 Å². The number of nitrogens with zero attached hydrogens (tertiary/aromatic N) is 1. The molecule has 0 spiro atoms. The van der Waals surface area contributed by atoms with Gasteiger partial charge in [0.1, 0.15) is 4.60 Å². The molecule has 1 unspecified atom stereocenters. The third kappa shape index (κ3) is 2.95. The molecule has 15 heavy (non-hydrogen) atoms. The minimum absolute atomic E-state index is 0.0987. The zero-order valence-electron chi connectivity index (χ0n) is 8.07. The summed E-state index contributed by atoms with van der Waals surface area (Å²) in [5.41, 5.74) is 0.760. The number of anilines is 1.